The van der Waals surface area contributed by atoms with Crippen LogP contribution in [-0.2, 0) is 11.3 Å². The Morgan fingerprint density at radius 1 is 1.12 bits per heavy atom. The first kappa shape index (κ1) is 15.6. The number of hydrogen-bond acceptors (Lipinski definition) is 4. The molecule has 6 heteroatoms. The summed E-state index contributed by atoms with van der Waals surface area (Å²) in [7, 11) is 0. The second-order valence-corrected chi connectivity index (χ2v) is 6.33. The summed E-state index contributed by atoms with van der Waals surface area (Å²) < 4.78 is 7.53. The third-order valence-electron chi connectivity index (χ3n) is 4.46. The average Bonchev–Trinajstić information content (AvgIpc) is 3.27. The largest absolute Gasteiger partial charge is 0.490 e. The maximum Gasteiger partial charge on any atom is 0.246 e. The lowest BCUT2D eigenvalue weighted by Gasteiger charge is -2.13. The molecule has 6 nitrogen and oxygen atoms in total. The molecule has 1 aromatic heterocycles. The van der Waals surface area contributed by atoms with E-state index in [0.29, 0.717) is 6.10 Å². The Bertz CT molecular complexity index is 867. The zero-order valence-corrected chi connectivity index (χ0v) is 13.9. The second kappa shape index (κ2) is 6.93. The van der Waals surface area contributed by atoms with Crippen molar-refractivity contribution in [2.45, 2.75) is 38.3 Å². The summed E-state index contributed by atoms with van der Waals surface area (Å²) in [6, 6.07) is 15.1. The molecule has 0 unspecified atom stereocenters. The highest BCUT2D eigenvalue weighted by atomic mass is 16.5. The summed E-state index contributed by atoms with van der Waals surface area (Å²) in [5, 5.41) is 11.0. The van der Waals surface area contributed by atoms with Gasteiger partial charge in [0.05, 0.1) is 11.6 Å². The van der Waals surface area contributed by atoms with E-state index in [1.165, 1.54) is 12.8 Å². The van der Waals surface area contributed by atoms with E-state index in [-0.39, 0.29) is 12.5 Å². The third-order valence-corrected chi connectivity index (χ3v) is 4.46. The number of benzene rings is 2. The molecule has 2 aromatic carbocycles. The van der Waals surface area contributed by atoms with Crippen LogP contribution >= 0.6 is 0 Å². The predicted octanol–water partition coefficient (Wildman–Crippen LogP) is 3.39. The summed E-state index contributed by atoms with van der Waals surface area (Å²) in [6.45, 7) is 0.126. The Hall–Kier alpha value is -2.89. The number of amides is 1. The normalized spacial score (nSPS) is 14.7. The molecule has 0 spiro atoms. The molecule has 1 amide bonds. The van der Waals surface area contributed by atoms with Gasteiger partial charge in [-0.1, -0.05) is 17.3 Å². The van der Waals surface area contributed by atoms with Crippen LogP contribution in [0.5, 0.6) is 5.75 Å². The Balaban J connectivity index is 1.37. The smallest absolute Gasteiger partial charge is 0.246 e. The summed E-state index contributed by atoms with van der Waals surface area (Å²) in [5.41, 5.74) is 2.37. The highest BCUT2D eigenvalue weighted by Gasteiger charge is 2.16. The van der Waals surface area contributed by atoms with Crippen molar-refractivity contribution >= 4 is 22.6 Å². The van der Waals surface area contributed by atoms with Gasteiger partial charge in [-0.2, -0.15) is 0 Å². The van der Waals surface area contributed by atoms with Crippen LogP contribution in [0.4, 0.5) is 5.69 Å². The van der Waals surface area contributed by atoms with Crippen molar-refractivity contribution < 1.29 is 9.53 Å². The molecule has 1 saturated carbocycles. The lowest BCUT2D eigenvalue weighted by atomic mass is 10.2. The number of nitrogens with zero attached hydrogens (tertiary/aromatic N) is 3. The van der Waals surface area contributed by atoms with Gasteiger partial charge in [-0.3, -0.25) is 4.79 Å². The van der Waals surface area contributed by atoms with Crippen molar-refractivity contribution in [1.29, 1.82) is 0 Å². The van der Waals surface area contributed by atoms with E-state index in [0.717, 1.165) is 35.3 Å². The summed E-state index contributed by atoms with van der Waals surface area (Å²) in [5.74, 6) is 0.715. The van der Waals surface area contributed by atoms with Crippen LogP contribution in [0.2, 0.25) is 0 Å². The van der Waals surface area contributed by atoms with Gasteiger partial charge in [0, 0.05) is 5.69 Å². The fraction of sp³-hybridized carbons (Fsp3) is 0.316. The summed E-state index contributed by atoms with van der Waals surface area (Å²) in [6.07, 6.45) is 5.08. The third kappa shape index (κ3) is 3.63. The highest BCUT2D eigenvalue weighted by molar-refractivity contribution is 5.91. The molecule has 1 N–H and O–H groups in total. The first-order valence-electron chi connectivity index (χ1n) is 8.63. The molecule has 0 bridgehead atoms. The zero-order valence-electron chi connectivity index (χ0n) is 13.9. The Morgan fingerprint density at radius 2 is 1.88 bits per heavy atom. The number of carbonyl (C=O) groups is 1. The first-order valence-corrected chi connectivity index (χ1v) is 8.63. The van der Waals surface area contributed by atoms with Crippen LogP contribution in [0, 0.1) is 0 Å². The average molecular weight is 336 g/mol. The summed E-state index contributed by atoms with van der Waals surface area (Å²) in [4.78, 5) is 12.3. The van der Waals surface area contributed by atoms with E-state index < -0.39 is 0 Å². The number of nitrogens with one attached hydrogen (secondary N) is 1. The van der Waals surface area contributed by atoms with Gasteiger partial charge in [0.1, 0.15) is 17.8 Å². The SMILES string of the molecule is O=C(Cn1nnc2ccccc21)Nc1ccc(OC2CCCC2)cc1. The molecule has 0 radical (unpaired) electrons. The quantitative estimate of drug-likeness (QED) is 0.775. The number of fused-ring (bicyclic) bond motifs is 1. The van der Waals surface area contributed by atoms with E-state index in [1.54, 1.807) is 4.68 Å². The minimum absolute atomic E-state index is 0.126. The molecule has 4 rings (SSSR count). The van der Waals surface area contributed by atoms with Crippen LogP contribution in [0.3, 0.4) is 0 Å². The lowest BCUT2D eigenvalue weighted by Crippen LogP contribution is -2.19. The number of anilines is 1. The second-order valence-electron chi connectivity index (χ2n) is 6.33. The van der Waals surface area contributed by atoms with E-state index in [4.69, 9.17) is 4.74 Å². The van der Waals surface area contributed by atoms with Gasteiger partial charge in [-0.05, 0) is 62.1 Å². The first-order chi connectivity index (χ1) is 12.3. The lowest BCUT2D eigenvalue weighted by molar-refractivity contribution is -0.116. The Labute approximate surface area is 145 Å². The monoisotopic (exact) mass is 336 g/mol. The maximum absolute atomic E-state index is 12.3. The highest BCUT2D eigenvalue weighted by Crippen LogP contribution is 2.25. The van der Waals surface area contributed by atoms with Crippen molar-refractivity contribution in [2.24, 2.45) is 0 Å². The van der Waals surface area contributed by atoms with Gasteiger partial charge in [0.15, 0.2) is 0 Å². The number of carbonyl (C=O) groups excluding carboxylic acids is 1. The molecule has 1 aliphatic carbocycles. The number of para-hydroxylation sites is 1. The van der Waals surface area contributed by atoms with Crippen LogP contribution < -0.4 is 10.1 Å². The van der Waals surface area contributed by atoms with Crippen LogP contribution in [0.15, 0.2) is 48.5 Å². The zero-order chi connectivity index (χ0) is 17.1. The van der Waals surface area contributed by atoms with Crippen molar-refractivity contribution in [3.63, 3.8) is 0 Å². The van der Waals surface area contributed by atoms with E-state index in [9.17, 15) is 4.79 Å². The van der Waals surface area contributed by atoms with Crippen molar-refractivity contribution in [3.8, 4) is 5.75 Å². The molecule has 128 valence electrons. The van der Waals surface area contributed by atoms with E-state index in [2.05, 4.69) is 15.6 Å². The Kier molecular flexibility index (Phi) is 4.33. The van der Waals surface area contributed by atoms with Gasteiger partial charge in [-0.25, -0.2) is 4.68 Å². The molecule has 1 fully saturated rings. The molecule has 0 aliphatic heterocycles. The van der Waals surface area contributed by atoms with E-state index >= 15 is 0 Å². The topological polar surface area (TPSA) is 69.0 Å². The van der Waals surface area contributed by atoms with Crippen molar-refractivity contribution in [2.75, 3.05) is 5.32 Å². The van der Waals surface area contributed by atoms with Crippen molar-refractivity contribution in [1.82, 2.24) is 15.0 Å². The molecule has 3 aromatic rings. The summed E-state index contributed by atoms with van der Waals surface area (Å²) >= 11 is 0. The number of rotatable bonds is 5. The molecule has 0 atom stereocenters. The predicted molar refractivity (Wildman–Crippen MR) is 95.5 cm³/mol. The van der Waals surface area contributed by atoms with Crippen molar-refractivity contribution in [3.05, 3.63) is 48.5 Å². The molecule has 1 aliphatic rings. The molecular weight excluding hydrogens is 316 g/mol. The standard InChI is InChI=1S/C19H20N4O2/c24-19(13-23-18-8-4-3-7-17(18)21-22-23)20-14-9-11-16(12-10-14)25-15-5-1-2-6-15/h3-4,7-12,15H,1-2,5-6,13H2,(H,20,24). The van der Waals surface area contributed by atoms with Gasteiger partial charge in [0.2, 0.25) is 5.91 Å². The fourth-order valence-electron chi connectivity index (χ4n) is 3.19. The van der Waals surface area contributed by atoms with Gasteiger partial charge >= 0.3 is 0 Å². The molecular formula is C19H20N4O2. The van der Waals surface area contributed by atoms with Crippen LogP contribution in [0.25, 0.3) is 11.0 Å². The Morgan fingerprint density at radius 3 is 2.68 bits per heavy atom. The molecule has 25 heavy (non-hydrogen) atoms. The number of hydrogen-bond donors (Lipinski definition) is 1. The minimum Gasteiger partial charge on any atom is -0.490 e. The van der Waals surface area contributed by atoms with Crippen LogP contribution in [-0.4, -0.2) is 27.0 Å². The minimum atomic E-state index is -0.139. The van der Waals surface area contributed by atoms with Crippen LogP contribution in [0.1, 0.15) is 25.7 Å². The molecule has 1 heterocycles. The fourth-order valence-corrected chi connectivity index (χ4v) is 3.19. The molecule has 0 saturated heterocycles. The van der Waals surface area contributed by atoms with Gasteiger partial charge in [0.25, 0.3) is 0 Å². The van der Waals surface area contributed by atoms with Gasteiger partial charge in [-0.15, -0.1) is 5.10 Å². The number of ether oxygens (including phenoxy) is 1. The maximum atomic E-state index is 12.3. The number of aromatic nitrogens is 3. The van der Waals surface area contributed by atoms with Gasteiger partial charge < -0.3 is 10.1 Å². The van der Waals surface area contributed by atoms with E-state index in [1.807, 2.05) is 48.5 Å².